The molecule has 11 nitrogen and oxygen atoms in total. The Balaban J connectivity index is 1.48. The number of nitrogens with zero attached hydrogens (tertiary/aromatic N) is 7. The Morgan fingerprint density at radius 3 is 2.89 bits per heavy atom. The average Bonchev–Trinajstić information content (AvgIpc) is 3.34. The van der Waals surface area contributed by atoms with Crippen LogP contribution in [0.2, 0.25) is 0 Å². The van der Waals surface area contributed by atoms with Crippen LogP contribution in [0.15, 0.2) is 36.9 Å². The van der Waals surface area contributed by atoms with Crippen molar-refractivity contribution in [1.82, 2.24) is 29.6 Å². The minimum absolute atomic E-state index is 0.0760. The quantitative estimate of drug-likeness (QED) is 0.511. The maximum absolute atomic E-state index is 14.6. The molecule has 1 saturated heterocycles. The van der Waals surface area contributed by atoms with Gasteiger partial charge in [0.05, 0.1) is 30.2 Å². The summed E-state index contributed by atoms with van der Waals surface area (Å²) < 4.78 is 46.2. The van der Waals surface area contributed by atoms with Gasteiger partial charge in [-0.3, -0.25) is 4.79 Å². The predicted octanol–water partition coefficient (Wildman–Crippen LogP) is 2.06. The topological polar surface area (TPSA) is 142 Å². The van der Waals surface area contributed by atoms with E-state index in [1.54, 1.807) is 6.07 Å². The average molecular weight is 488 g/mol. The van der Waals surface area contributed by atoms with Gasteiger partial charge in [0.2, 0.25) is 11.9 Å². The Bertz CT molecular complexity index is 1250. The monoisotopic (exact) mass is 488 g/mol. The highest BCUT2D eigenvalue weighted by atomic mass is 19.3. The SMILES string of the molecule is N#Cc1cc(-c2ncnc(Nc3cnn(C(F)F)c3)n2)ccc1OC1CCN(C(=O)CO)CC1F. The van der Waals surface area contributed by atoms with Crippen LogP contribution in [-0.2, 0) is 4.79 Å². The fourth-order valence-electron chi connectivity index (χ4n) is 3.50. The Morgan fingerprint density at radius 1 is 1.37 bits per heavy atom. The van der Waals surface area contributed by atoms with Crippen molar-refractivity contribution >= 4 is 17.5 Å². The van der Waals surface area contributed by atoms with E-state index < -0.39 is 31.3 Å². The third-order valence-electron chi connectivity index (χ3n) is 5.24. The van der Waals surface area contributed by atoms with Crippen molar-refractivity contribution in [3.05, 3.63) is 42.5 Å². The minimum Gasteiger partial charge on any atom is -0.486 e. The van der Waals surface area contributed by atoms with Gasteiger partial charge in [-0.05, 0) is 18.2 Å². The Labute approximate surface area is 196 Å². The number of piperidine rings is 1. The first-order valence-corrected chi connectivity index (χ1v) is 10.4. The van der Waals surface area contributed by atoms with Crippen LogP contribution in [0.5, 0.6) is 5.75 Å². The highest BCUT2D eigenvalue weighted by Gasteiger charge is 2.33. The van der Waals surface area contributed by atoms with Gasteiger partial charge in [-0.15, -0.1) is 0 Å². The molecule has 0 spiro atoms. The van der Waals surface area contributed by atoms with E-state index in [0.29, 0.717) is 10.2 Å². The number of aliphatic hydroxyl groups excluding tert-OH is 1. The maximum atomic E-state index is 14.6. The fourth-order valence-corrected chi connectivity index (χ4v) is 3.50. The zero-order chi connectivity index (χ0) is 24.9. The number of anilines is 2. The first-order chi connectivity index (χ1) is 16.9. The number of hydrogen-bond acceptors (Lipinski definition) is 9. The lowest BCUT2D eigenvalue weighted by atomic mass is 10.0. The van der Waals surface area contributed by atoms with E-state index in [9.17, 15) is 23.2 Å². The molecule has 1 aromatic carbocycles. The Kier molecular flexibility index (Phi) is 7.06. The summed E-state index contributed by atoms with van der Waals surface area (Å²) in [6.07, 6.45) is 1.35. The Morgan fingerprint density at radius 2 is 2.20 bits per heavy atom. The number of halogens is 3. The van der Waals surface area contributed by atoms with Crippen LogP contribution < -0.4 is 10.1 Å². The molecule has 1 fully saturated rings. The number of likely N-dealkylation sites (tertiary alicyclic amines) is 1. The van der Waals surface area contributed by atoms with Crippen LogP contribution in [0.4, 0.5) is 24.8 Å². The van der Waals surface area contributed by atoms with Gasteiger partial charge < -0.3 is 20.1 Å². The molecule has 0 saturated carbocycles. The van der Waals surface area contributed by atoms with Crippen molar-refractivity contribution in [1.29, 1.82) is 5.26 Å². The zero-order valence-electron chi connectivity index (χ0n) is 18.1. The predicted molar refractivity (Wildman–Crippen MR) is 114 cm³/mol. The van der Waals surface area contributed by atoms with E-state index in [1.807, 2.05) is 6.07 Å². The third-order valence-corrected chi connectivity index (χ3v) is 5.24. The third kappa shape index (κ3) is 5.46. The summed E-state index contributed by atoms with van der Waals surface area (Å²) >= 11 is 0. The number of aromatic nitrogens is 5. The number of carbonyl (C=O) groups excluding carboxylic acids is 1. The second-order valence-electron chi connectivity index (χ2n) is 7.53. The van der Waals surface area contributed by atoms with E-state index >= 15 is 0 Å². The molecule has 182 valence electrons. The van der Waals surface area contributed by atoms with Gasteiger partial charge in [-0.1, -0.05) is 0 Å². The molecule has 4 rings (SSSR count). The molecule has 0 bridgehead atoms. The van der Waals surface area contributed by atoms with Crippen LogP contribution >= 0.6 is 0 Å². The van der Waals surface area contributed by atoms with Gasteiger partial charge in [-0.2, -0.15) is 24.1 Å². The van der Waals surface area contributed by atoms with Crippen LogP contribution in [-0.4, -0.2) is 72.6 Å². The van der Waals surface area contributed by atoms with Gasteiger partial charge in [0.15, 0.2) is 12.0 Å². The number of alkyl halides is 3. The number of nitriles is 1. The van der Waals surface area contributed by atoms with Crippen molar-refractivity contribution in [3.8, 4) is 23.2 Å². The van der Waals surface area contributed by atoms with Gasteiger partial charge in [0.1, 0.15) is 30.9 Å². The highest BCUT2D eigenvalue weighted by Crippen LogP contribution is 2.28. The fraction of sp³-hybridized carbons (Fsp3) is 0.333. The smallest absolute Gasteiger partial charge is 0.333 e. The standard InChI is InChI=1S/C21H19F3N8O3/c22-15-9-31(18(34)10-33)4-3-17(15)35-16-2-1-12(5-13(16)6-25)19-26-11-27-21(30-19)29-14-7-28-32(8-14)20(23)24/h1-2,5,7-8,11,15,17,20,33H,3-4,9-10H2,(H,26,27,29,30). The van der Waals surface area contributed by atoms with Crippen molar-refractivity contribution < 1.29 is 27.8 Å². The number of ether oxygens (including phenoxy) is 1. The summed E-state index contributed by atoms with van der Waals surface area (Å²) in [5, 5.41) is 24.8. The summed E-state index contributed by atoms with van der Waals surface area (Å²) in [7, 11) is 0. The molecule has 14 heteroatoms. The highest BCUT2D eigenvalue weighted by molar-refractivity contribution is 5.77. The molecule has 2 aromatic heterocycles. The van der Waals surface area contributed by atoms with E-state index in [1.165, 1.54) is 29.6 Å². The van der Waals surface area contributed by atoms with E-state index in [-0.39, 0.29) is 48.3 Å². The summed E-state index contributed by atoms with van der Waals surface area (Å²) in [5.41, 5.74) is 0.816. The molecule has 1 aliphatic rings. The molecule has 2 N–H and O–H groups in total. The first-order valence-electron chi connectivity index (χ1n) is 10.4. The van der Waals surface area contributed by atoms with Gasteiger partial charge in [0, 0.05) is 18.5 Å². The van der Waals surface area contributed by atoms with E-state index in [4.69, 9.17) is 9.84 Å². The number of nitrogens with one attached hydrogen (secondary N) is 1. The molecule has 1 amide bonds. The normalized spacial score (nSPS) is 17.8. The van der Waals surface area contributed by atoms with E-state index in [0.717, 1.165) is 6.20 Å². The van der Waals surface area contributed by atoms with Crippen LogP contribution in [0.25, 0.3) is 11.4 Å². The number of benzene rings is 1. The molecule has 35 heavy (non-hydrogen) atoms. The molecule has 2 atom stereocenters. The summed E-state index contributed by atoms with van der Waals surface area (Å²) in [5.74, 6) is -0.113. The summed E-state index contributed by atoms with van der Waals surface area (Å²) in [6, 6.07) is 6.55. The lowest BCUT2D eigenvalue weighted by Crippen LogP contribution is -2.50. The van der Waals surface area contributed by atoms with Crippen molar-refractivity contribution in [2.24, 2.45) is 0 Å². The van der Waals surface area contributed by atoms with Crippen molar-refractivity contribution in [2.75, 3.05) is 25.0 Å². The summed E-state index contributed by atoms with van der Waals surface area (Å²) in [6.45, 7) is -3.46. The number of carbonyl (C=O) groups is 1. The lowest BCUT2D eigenvalue weighted by molar-refractivity contribution is -0.138. The molecular weight excluding hydrogens is 469 g/mol. The maximum Gasteiger partial charge on any atom is 0.333 e. The molecule has 2 unspecified atom stereocenters. The number of aliphatic hydroxyl groups is 1. The van der Waals surface area contributed by atoms with Gasteiger partial charge in [0.25, 0.3) is 0 Å². The van der Waals surface area contributed by atoms with Gasteiger partial charge >= 0.3 is 6.55 Å². The number of rotatable bonds is 7. The van der Waals surface area contributed by atoms with Gasteiger partial charge in [-0.25, -0.2) is 19.0 Å². The molecule has 3 heterocycles. The first kappa shape index (κ1) is 23.9. The van der Waals surface area contributed by atoms with Crippen molar-refractivity contribution in [2.45, 2.75) is 25.2 Å². The van der Waals surface area contributed by atoms with Crippen LogP contribution in [0.3, 0.4) is 0 Å². The number of hydrogen-bond donors (Lipinski definition) is 2. The molecule has 1 aliphatic heterocycles. The minimum atomic E-state index is -2.78. The second-order valence-corrected chi connectivity index (χ2v) is 7.53. The molecule has 0 radical (unpaired) electrons. The van der Waals surface area contributed by atoms with E-state index in [2.05, 4.69) is 25.4 Å². The number of amides is 1. The molecular formula is C21H19F3N8O3. The Hall–Kier alpha value is -4.25. The second kappa shape index (κ2) is 10.3. The van der Waals surface area contributed by atoms with Crippen molar-refractivity contribution in [3.63, 3.8) is 0 Å². The van der Waals surface area contributed by atoms with Crippen LogP contribution in [0.1, 0.15) is 18.5 Å². The van der Waals surface area contributed by atoms with Crippen LogP contribution in [0, 0.1) is 11.3 Å². The zero-order valence-corrected chi connectivity index (χ0v) is 18.1. The summed E-state index contributed by atoms with van der Waals surface area (Å²) in [4.78, 5) is 25.1. The largest absolute Gasteiger partial charge is 0.486 e. The molecule has 3 aromatic rings. The lowest BCUT2D eigenvalue weighted by Gasteiger charge is -2.34. The molecule has 0 aliphatic carbocycles.